The Labute approximate surface area is 190 Å². The number of ether oxygens (including phenoxy) is 4. The molecule has 0 bridgehead atoms. The molecule has 0 saturated carbocycles. The Hall–Kier alpha value is -2.97. The number of guanidine groups is 1. The zero-order chi connectivity index (χ0) is 22.6. The third kappa shape index (κ3) is 7.32. The number of nitrogens with one attached hydrogen (secondary N) is 2. The summed E-state index contributed by atoms with van der Waals surface area (Å²) < 4.78 is 22.1. The number of hydrogen-bond acceptors (Lipinski definition) is 6. The average molecular weight is 443 g/mol. The van der Waals surface area contributed by atoms with Gasteiger partial charge in [-0.25, -0.2) is 0 Å². The van der Waals surface area contributed by atoms with Crippen molar-refractivity contribution in [3.05, 3.63) is 53.6 Å². The zero-order valence-electron chi connectivity index (χ0n) is 19.2. The number of methoxy groups -OCH3 is 2. The number of hydrogen-bond donors (Lipinski definition) is 2. The van der Waals surface area contributed by atoms with Crippen LogP contribution in [0.15, 0.2) is 47.5 Å². The number of benzene rings is 2. The van der Waals surface area contributed by atoms with Gasteiger partial charge in [0, 0.05) is 51.4 Å². The van der Waals surface area contributed by atoms with Crippen LogP contribution >= 0.6 is 0 Å². The Bertz CT molecular complexity index is 869. The molecule has 1 aliphatic rings. The van der Waals surface area contributed by atoms with Crippen LogP contribution in [-0.4, -0.2) is 71.6 Å². The van der Waals surface area contributed by atoms with E-state index in [2.05, 4.69) is 32.7 Å². The standard InChI is InChI=1S/C24H34N4O4/c1-25-24(27-18-20-7-8-21(29-2)16-23(20)30-3)26-17-19-5-4-6-22(15-19)32-14-11-28-9-12-31-13-10-28/h4-8,15-16H,9-14,17-18H2,1-3H3,(H2,25,26,27). The first kappa shape index (κ1) is 23.7. The lowest BCUT2D eigenvalue weighted by Crippen LogP contribution is -2.38. The van der Waals surface area contributed by atoms with Crippen LogP contribution in [0.5, 0.6) is 17.2 Å². The Morgan fingerprint density at radius 3 is 2.56 bits per heavy atom. The van der Waals surface area contributed by atoms with Crippen molar-refractivity contribution in [3.8, 4) is 17.2 Å². The van der Waals surface area contributed by atoms with Gasteiger partial charge >= 0.3 is 0 Å². The molecule has 1 fully saturated rings. The van der Waals surface area contributed by atoms with Crippen molar-refractivity contribution in [1.82, 2.24) is 15.5 Å². The average Bonchev–Trinajstić information content (AvgIpc) is 2.85. The maximum absolute atomic E-state index is 5.95. The fourth-order valence-electron chi connectivity index (χ4n) is 3.45. The largest absolute Gasteiger partial charge is 0.497 e. The summed E-state index contributed by atoms with van der Waals surface area (Å²) in [6, 6.07) is 13.9. The summed E-state index contributed by atoms with van der Waals surface area (Å²) in [4.78, 5) is 6.68. The molecular formula is C24H34N4O4. The van der Waals surface area contributed by atoms with E-state index in [4.69, 9.17) is 18.9 Å². The predicted octanol–water partition coefficient (Wildman–Crippen LogP) is 2.28. The lowest BCUT2D eigenvalue weighted by molar-refractivity contribution is 0.0322. The molecule has 0 unspecified atom stereocenters. The van der Waals surface area contributed by atoms with E-state index in [0.717, 1.165) is 61.2 Å². The molecule has 2 aromatic rings. The van der Waals surface area contributed by atoms with E-state index < -0.39 is 0 Å². The molecule has 8 nitrogen and oxygen atoms in total. The minimum absolute atomic E-state index is 0.581. The Morgan fingerprint density at radius 1 is 1.00 bits per heavy atom. The van der Waals surface area contributed by atoms with Crippen LogP contribution in [0.3, 0.4) is 0 Å². The van der Waals surface area contributed by atoms with Gasteiger partial charge in [0.1, 0.15) is 23.9 Å². The van der Waals surface area contributed by atoms with E-state index >= 15 is 0 Å². The molecule has 0 amide bonds. The van der Waals surface area contributed by atoms with Crippen molar-refractivity contribution in [2.75, 3.05) is 60.7 Å². The second-order valence-corrected chi connectivity index (χ2v) is 7.41. The highest BCUT2D eigenvalue weighted by Gasteiger charge is 2.10. The molecule has 8 heteroatoms. The second kappa shape index (κ2) is 12.8. The fraction of sp³-hybridized carbons (Fsp3) is 0.458. The van der Waals surface area contributed by atoms with Crippen LogP contribution in [0.1, 0.15) is 11.1 Å². The van der Waals surface area contributed by atoms with Gasteiger partial charge in [-0.05, 0) is 29.8 Å². The van der Waals surface area contributed by atoms with Crippen LogP contribution in [0.2, 0.25) is 0 Å². The van der Waals surface area contributed by atoms with Gasteiger partial charge in [0.05, 0.1) is 27.4 Å². The molecule has 2 N–H and O–H groups in total. The molecular weight excluding hydrogens is 408 g/mol. The highest BCUT2D eigenvalue weighted by atomic mass is 16.5. The number of morpholine rings is 1. The summed E-state index contributed by atoms with van der Waals surface area (Å²) in [5, 5.41) is 6.67. The van der Waals surface area contributed by atoms with Gasteiger partial charge < -0.3 is 29.6 Å². The first-order valence-corrected chi connectivity index (χ1v) is 10.9. The second-order valence-electron chi connectivity index (χ2n) is 7.41. The molecule has 1 saturated heterocycles. The molecule has 2 aromatic carbocycles. The third-order valence-electron chi connectivity index (χ3n) is 5.30. The van der Waals surface area contributed by atoms with Gasteiger partial charge in [0.15, 0.2) is 5.96 Å². The number of nitrogens with zero attached hydrogens (tertiary/aromatic N) is 2. The van der Waals surface area contributed by atoms with E-state index in [1.807, 2.05) is 30.3 Å². The summed E-state index contributed by atoms with van der Waals surface area (Å²) in [7, 11) is 5.05. The minimum atomic E-state index is 0.581. The van der Waals surface area contributed by atoms with Gasteiger partial charge in [0.25, 0.3) is 0 Å². The van der Waals surface area contributed by atoms with Gasteiger partial charge in [-0.2, -0.15) is 0 Å². The van der Waals surface area contributed by atoms with Crippen molar-refractivity contribution < 1.29 is 18.9 Å². The molecule has 0 radical (unpaired) electrons. The summed E-state index contributed by atoms with van der Waals surface area (Å²) in [6.45, 7) is 6.37. The summed E-state index contributed by atoms with van der Waals surface area (Å²) in [5.41, 5.74) is 2.14. The van der Waals surface area contributed by atoms with Crippen molar-refractivity contribution in [2.24, 2.45) is 4.99 Å². The molecule has 3 rings (SSSR count). The van der Waals surface area contributed by atoms with Crippen molar-refractivity contribution in [2.45, 2.75) is 13.1 Å². The summed E-state index contributed by atoms with van der Waals surface area (Å²) in [6.07, 6.45) is 0. The summed E-state index contributed by atoms with van der Waals surface area (Å²) in [5.74, 6) is 3.12. The SMILES string of the molecule is CN=C(NCc1cccc(OCCN2CCOCC2)c1)NCc1ccc(OC)cc1OC. The minimum Gasteiger partial charge on any atom is -0.497 e. The van der Waals surface area contributed by atoms with Gasteiger partial charge in [0.2, 0.25) is 0 Å². The predicted molar refractivity (Wildman–Crippen MR) is 126 cm³/mol. The highest BCUT2D eigenvalue weighted by molar-refractivity contribution is 5.79. The van der Waals surface area contributed by atoms with Crippen LogP contribution in [0, 0.1) is 0 Å². The monoisotopic (exact) mass is 442 g/mol. The Kier molecular flexibility index (Phi) is 9.46. The Morgan fingerprint density at radius 2 is 1.81 bits per heavy atom. The number of aliphatic imine (C=N–C) groups is 1. The first-order valence-electron chi connectivity index (χ1n) is 10.9. The number of rotatable bonds is 10. The maximum Gasteiger partial charge on any atom is 0.191 e. The van der Waals surface area contributed by atoms with E-state index in [9.17, 15) is 0 Å². The highest BCUT2D eigenvalue weighted by Crippen LogP contribution is 2.24. The molecule has 0 spiro atoms. The van der Waals surface area contributed by atoms with Crippen LogP contribution < -0.4 is 24.8 Å². The smallest absolute Gasteiger partial charge is 0.191 e. The molecule has 174 valence electrons. The molecule has 32 heavy (non-hydrogen) atoms. The van der Waals surface area contributed by atoms with Crippen molar-refractivity contribution >= 4 is 5.96 Å². The third-order valence-corrected chi connectivity index (χ3v) is 5.30. The topological polar surface area (TPSA) is 76.6 Å². The molecule has 0 aromatic heterocycles. The van der Waals surface area contributed by atoms with Crippen LogP contribution in [-0.2, 0) is 17.8 Å². The fourth-order valence-corrected chi connectivity index (χ4v) is 3.45. The van der Waals surface area contributed by atoms with Gasteiger partial charge in [-0.15, -0.1) is 0 Å². The van der Waals surface area contributed by atoms with Crippen LogP contribution in [0.4, 0.5) is 0 Å². The van der Waals surface area contributed by atoms with Crippen molar-refractivity contribution in [1.29, 1.82) is 0 Å². The van der Waals surface area contributed by atoms with Gasteiger partial charge in [-0.3, -0.25) is 9.89 Å². The Balaban J connectivity index is 1.46. The van der Waals surface area contributed by atoms with Gasteiger partial charge in [-0.1, -0.05) is 12.1 Å². The molecule has 0 aliphatic carbocycles. The zero-order valence-corrected chi connectivity index (χ0v) is 19.2. The van der Waals surface area contributed by atoms with E-state index in [0.29, 0.717) is 25.7 Å². The molecule has 0 atom stereocenters. The normalized spacial score (nSPS) is 14.7. The van der Waals surface area contributed by atoms with E-state index in [1.54, 1.807) is 21.3 Å². The molecule has 1 aliphatic heterocycles. The van der Waals surface area contributed by atoms with Crippen LogP contribution in [0.25, 0.3) is 0 Å². The molecule has 1 heterocycles. The van der Waals surface area contributed by atoms with E-state index in [-0.39, 0.29) is 0 Å². The lowest BCUT2D eigenvalue weighted by atomic mass is 10.2. The van der Waals surface area contributed by atoms with E-state index in [1.165, 1.54) is 0 Å². The quantitative estimate of drug-likeness (QED) is 0.432. The lowest BCUT2D eigenvalue weighted by Gasteiger charge is -2.26. The van der Waals surface area contributed by atoms with Crippen molar-refractivity contribution in [3.63, 3.8) is 0 Å². The first-order chi connectivity index (χ1) is 15.7. The maximum atomic E-state index is 5.95. The summed E-state index contributed by atoms with van der Waals surface area (Å²) >= 11 is 0.